The van der Waals surface area contributed by atoms with E-state index in [-0.39, 0.29) is 0 Å². The molecule has 15 heavy (non-hydrogen) atoms. The summed E-state index contributed by atoms with van der Waals surface area (Å²) in [6, 6.07) is 2.46. The zero-order valence-electron chi connectivity index (χ0n) is 9.51. The fourth-order valence-electron chi connectivity index (χ4n) is 1.39. The van der Waals surface area contributed by atoms with Gasteiger partial charge in [0.1, 0.15) is 0 Å². The van der Waals surface area contributed by atoms with E-state index in [0.717, 1.165) is 13.0 Å². The molecule has 0 saturated heterocycles. The first-order valence-electron chi connectivity index (χ1n) is 5.26. The third kappa shape index (κ3) is 4.09. The molecule has 1 atom stereocenters. The Morgan fingerprint density at radius 1 is 1.60 bits per heavy atom. The maximum absolute atomic E-state index is 3.59. The van der Waals surface area contributed by atoms with Crippen LogP contribution >= 0.6 is 27.3 Å². The van der Waals surface area contributed by atoms with Crippen LogP contribution < -0.4 is 5.32 Å². The Bertz CT molecular complexity index is 326. The fourth-order valence-corrected chi connectivity index (χ4v) is 3.05. The van der Waals surface area contributed by atoms with Gasteiger partial charge in [-0.2, -0.15) is 0 Å². The second-order valence-corrected chi connectivity index (χ2v) is 5.61. The molecule has 1 unspecified atom stereocenters. The lowest BCUT2D eigenvalue weighted by atomic mass is 10.1. The van der Waals surface area contributed by atoms with Crippen molar-refractivity contribution in [2.45, 2.75) is 33.2 Å². The van der Waals surface area contributed by atoms with E-state index in [1.807, 2.05) is 0 Å². The van der Waals surface area contributed by atoms with Gasteiger partial charge in [0.2, 0.25) is 0 Å². The standard InChI is InChI=1S/C12H18BrNS/c1-4-6-14-11(8-9(2)3)12-10(13)5-7-15-12/h5,7-8,11,14H,4,6H2,1-3H3. The Balaban J connectivity index is 2.81. The van der Waals surface area contributed by atoms with Crippen LogP contribution in [0.15, 0.2) is 27.6 Å². The average Bonchev–Trinajstić information content (AvgIpc) is 2.58. The van der Waals surface area contributed by atoms with Gasteiger partial charge in [0.15, 0.2) is 0 Å². The number of hydrogen-bond acceptors (Lipinski definition) is 2. The molecule has 0 spiro atoms. The van der Waals surface area contributed by atoms with Gasteiger partial charge in [0.25, 0.3) is 0 Å². The van der Waals surface area contributed by atoms with Gasteiger partial charge in [0.05, 0.1) is 6.04 Å². The van der Waals surface area contributed by atoms with Crippen molar-refractivity contribution in [1.29, 1.82) is 0 Å². The Morgan fingerprint density at radius 3 is 2.80 bits per heavy atom. The van der Waals surface area contributed by atoms with E-state index in [1.54, 1.807) is 11.3 Å². The predicted octanol–water partition coefficient (Wildman–Crippen LogP) is 4.52. The van der Waals surface area contributed by atoms with Crippen molar-refractivity contribution >= 4 is 27.3 Å². The quantitative estimate of drug-likeness (QED) is 0.786. The Labute approximate surface area is 105 Å². The number of allylic oxidation sites excluding steroid dienone is 1. The van der Waals surface area contributed by atoms with Crippen LogP contribution in [0.25, 0.3) is 0 Å². The largest absolute Gasteiger partial charge is 0.306 e. The molecule has 1 nitrogen and oxygen atoms in total. The molecular weight excluding hydrogens is 270 g/mol. The smallest absolute Gasteiger partial charge is 0.0614 e. The van der Waals surface area contributed by atoms with E-state index < -0.39 is 0 Å². The van der Waals surface area contributed by atoms with Crippen LogP contribution in [-0.4, -0.2) is 6.54 Å². The zero-order chi connectivity index (χ0) is 11.3. The average molecular weight is 288 g/mol. The molecule has 1 rings (SSSR count). The molecule has 3 heteroatoms. The SMILES string of the molecule is CCCNC(C=C(C)C)c1sccc1Br. The maximum atomic E-state index is 3.59. The molecule has 0 fully saturated rings. The van der Waals surface area contributed by atoms with Crippen molar-refractivity contribution in [3.8, 4) is 0 Å². The highest BCUT2D eigenvalue weighted by Gasteiger charge is 2.12. The van der Waals surface area contributed by atoms with Gasteiger partial charge < -0.3 is 5.32 Å². The summed E-state index contributed by atoms with van der Waals surface area (Å²) in [7, 11) is 0. The summed E-state index contributed by atoms with van der Waals surface area (Å²) in [5, 5.41) is 5.67. The molecule has 0 radical (unpaired) electrons. The lowest BCUT2D eigenvalue weighted by molar-refractivity contribution is 0.616. The number of nitrogens with one attached hydrogen (secondary N) is 1. The number of hydrogen-bond donors (Lipinski definition) is 1. The van der Waals surface area contributed by atoms with Crippen LogP contribution in [0.5, 0.6) is 0 Å². The Hall–Kier alpha value is -0.120. The monoisotopic (exact) mass is 287 g/mol. The van der Waals surface area contributed by atoms with Gasteiger partial charge in [-0.05, 0) is 54.2 Å². The minimum Gasteiger partial charge on any atom is -0.306 e. The van der Waals surface area contributed by atoms with Crippen LogP contribution in [0.1, 0.15) is 38.1 Å². The van der Waals surface area contributed by atoms with Gasteiger partial charge in [-0.3, -0.25) is 0 Å². The first-order valence-corrected chi connectivity index (χ1v) is 6.93. The minimum atomic E-state index is 0.351. The number of halogens is 1. The van der Waals surface area contributed by atoms with E-state index in [9.17, 15) is 0 Å². The summed E-state index contributed by atoms with van der Waals surface area (Å²) in [6.45, 7) is 7.53. The third-order valence-corrected chi connectivity index (χ3v) is 4.00. The fraction of sp³-hybridized carbons (Fsp3) is 0.500. The highest BCUT2D eigenvalue weighted by Crippen LogP contribution is 2.30. The number of thiophene rings is 1. The molecule has 84 valence electrons. The molecule has 0 aromatic carbocycles. The summed E-state index contributed by atoms with van der Waals surface area (Å²) >= 11 is 5.39. The molecule has 0 saturated carbocycles. The van der Waals surface area contributed by atoms with Crippen molar-refractivity contribution < 1.29 is 0 Å². The second-order valence-electron chi connectivity index (χ2n) is 3.81. The molecule has 0 aliphatic rings. The maximum Gasteiger partial charge on any atom is 0.0614 e. The summed E-state index contributed by atoms with van der Waals surface area (Å²) < 4.78 is 1.21. The summed E-state index contributed by atoms with van der Waals surface area (Å²) in [5.74, 6) is 0. The van der Waals surface area contributed by atoms with Crippen LogP contribution in [0, 0.1) is 0 Å². The topological polar surface area (TPSA) is 12.0 Å². The van der Waals surface area contributed by atoms with E-state index in [1.165, 1.54) is 14.9 Å². The Kier molecular flexibility index (Phi) is 5.58. The van der Waals surface area contributed by atoms with E-state index >= 15 is 0 Å². The Morgan fingerprint density at radius 2 is 2.33 bits per heavy atom. The molecule has 0 amide bonds. The van der Waals surface area contributed by atoms with Crippen molar-refractivity contribution in [2.24, 2.45) is 0 Å². The highest BCUT2D eigenvalue weighted by atomic mass is 79.9. The minimum absolute atomic E-state index is 0.351. The third-order valence-electron chi connectivity index (χ3n) is 2.04. The second kappa shape index (κ2) is 6.46. The molecule has 1 N–H and O–H groups in total. The van der Waals surface area contributed by atoms with E-state index in [0.29, 0.717) is 6.04 Å². The van der Waals surface area contributed by atoms with Gasteiger partial charge in [-0.1, -0.05) is 18.6 Å². The highest BCUT2D eigenvalue weighted by molar-refractivity contribution is 9.10. The first kappa shape index (κ1) is 12.9. The molecule has 0 aliphatic carbocycles. The predicted molar refractivity (Wildman–Crippen MR) is 72.5 cm³/mol. The van der Waals surface area contributed by atoms with Crippen molar-refractivity contribution in [3.05, 3.63) is 32.4 Å². The molecule has 1 aromatic heterocycles. The van der Waals surface area contributed by atoms with E-state index in [2.05, 4.69) is 59.5 Å². The van der Waals surface area contributed by atoms with Gasteiger partial charge in [-0.15, -0.1) is 11.3 Å². The molecular formula is C12H18BrNS. The lowest BCUT2D eigenvalue weighted by Gasteiger charge is -2.14. The summed E-state index contributed by atoms with van der Waals surface area (Å²) in [6.07, 6.45) is 3.45. The van der Waals surface area contributed by atoms with Crippen molar-refractivity contribution in [3.63, 3.8) is 0 Å². The molecule has 1 heterocycles. The van der Waals surface area contributed by atoms with Crippen LogP contribution in [0.2, 0.25) is 0 Å². The van der Waals surface area contributed by atoms with Crippen LogP contribution in [-0.2, 0) is 0 Å². The van der Waals surface area contributed by atoms with Crippen molar-refractivity contribution in [2.75, 3.05) is 6.54 Å². The van der Waals surface area contributed by atoms with Gasteiger partial charge in [-0.25, -0.2) is 0 Å². The lowest BCUT2D eigenvalue weighted by Crippen LogP contribution is -2.20. The van der Waals surface area contributed by atoms with Crippen LogP contribution in [0.4, 0.5) is 0 Å². The molecule has 0 bridgehead atoms. The summed E-state index contributed by atoms with van der Waals surface area (Å²) in [5.41, 5.74) is 1.35. The van der Waals surface area contributed by atoms with Crippen LogP contribution in [0.3, 0.4) is 0 Å². The van der Waals surface area contributed by atoms with E-state index in [4.69, 9.17) is 0 Å². The van der Waals surface area contributed by atoms with Gasteiger partial charge >= 0.3 is 0 Å². The molecule has 1 aromatic rings. The van der Waals surface area contributed by atoms with Crippen molar-refractivity contribution in [1.82, 2.24) is 5.32 Å². The number of rotatable bonds is 5. The van der Waals surface area contributed by atoms with Gasteiger partial charge in [0, 0.05) is 9.35 Å². The molecule has 0 aliphatic heterocycles. The first-order chi connectivity index (χ1) is 7.15. The summed E-state index contributed by atoms with van der Waals surface area (Å²) in [4.78, 5) is 1.37. The zero-order valence-corrected chi connectivity index (χ0v) is 11.9. The normalized spacial score (nSPS) is 12.5.